The first-order valence-corrected chi connectivity index (χ1v) is 3.69. The van der Waals surface area contributed by atoms with Crippen LogP contribution in [-0.2, 0) is 0 Å². The molecule has 1 heterocycles. The van der Waals surface area contributed by atoms with Gasteiger partial charge in [0.15, 0.2) is 11.3 Å². The van der Waals surface area contributed by atoms with Gasteiger partial charge in [0.05, 0.1) is 7.11 Å². The topological polar surface area (TPSA) is 48.2 Å². The summed E-state index contributed by atoms with van der Waals surface area (Å²) in [5, 5.41) is 7.02. The van der Waals surface area contributed by atoms with E-state index in [2.05, 4.69) is 14.9 Å². The summed E-state index contributed by atoms with van der Waals surface area (Å²) in [5.74, 6) is -0.0422. The van der Waals surface area contributed by atoms with E-state index in [1.54, 1.807) is 6.92 Å². The van der Waals surface area contributed by atoms with E-state index in [-0.39, 0.29) is 5.52 Å². The molecule has 0 radical (unpaired) electrons. The Morgan fingerprint density at radius 1 is 1.38 bits per heavy atom. The second kappa shape index (κ2) is 2.69. The standard InChI is InChI=1S/C8H7FN2O2/c1-4-6(12-2)3-5(9)8-7(4)10-13-11-8/h3H,1-2H3. The summed E-state index contributed by atoms with van der Waals surface area (Å²) in [4.78, 5) is 0. The molecule has 1 aromatic carbocycles. The van der Waals surface area contributed by atoms with Crippen LogP contribution in [0, 0.1) is 12.7 Å². The van der Waals surface area contributed by atoms with E-state index in [4.69, 9.17) is 4.74 Å². The number of ether oxygens (including phenoxy) is 1. The zero-order chi connectivity index (χ0) is 9.42. The highest BCUT2D eigenvalue weighted by atomic mass is 19.1. The summed E-state index contributed by atoms with van der Waals surface area (Å²) >= 11 is 0. The maximum atomic E-state index is 13.2. The maximum absolute atomic E-state index is 13.2. The number of halogens is 1. The Bertz CT molecular complexity index is 453. The predicted molar refractivity (Wildman–Crippen MR) is 43.1 cm³/mol. The van der Waals surface area contributed by atoms with Crippen LogP contribution in [0.4, 0.5) is 4.39 Å². The SMILES string of the molecule is COc1cc(F)c2nonc2c1C. The molecular weight excluding hydrogens is 175 g/mol. The quantitative estimate of drug-likeness (QED) is 0.673. The minimum Gasteiger partial charge on any atom is -0.496 e. The normalized spacial score (nSPS) is 10.7. The molecule has 4 nitrogen and oxygen atoms in total. The molecule has 0 atom stereocenters. The van der Waals surface area contributed by atoms with Crippen LogP contribution in [0.5, 0.6) is 5.75 Å². The summed E-state index contributed by atoms with van der Waals surface area (Å²) in [6.07, 6.45) is 0. The van der Waals surface area contributed by atoms with Crippen molar-refractivity contribution in [1.82, 2.24) is 10.3 Å². The molecule has 0 saturated carbocycles. The molecule has 68 valence electrons. The number of hydrogen-bond acceptors (Lipinski definition) is 4. The highest BCUT2D eigenvalue weighted by Gasteiger charge is 2.13. The van der Waals surface area contributed by atoms with Crippen LogP contribution in [0.25, 0.3) is 11.0 Å². The van der Waals surface area contributed by atoms with Crippen LogP contribution < -0.4 is 4.74 Å². The first-order chi connectivity index (χ1) is 6.24. The molecule has 1 aromatic heterocycles. The average molecular weight is 182 g/mol. The minimum atomic E-state index is -0.487. The molecule has 0 aliphatic heterocycles. The van der Waals surface area contributed by atoms with Crippen molar-refractivity contribution in [3.05, 3.63) is 17.4 Å². The number of fused-ring (bicyclic) bond motifs is 1. The lowest BCUT2D eigenvalue weighted by Crippen LogP contribution is -1.90. The molecule has 0 amide bonds. The largest absolute Gasteiger partial charge is 0.496 e. The Balaban J connectivity index is 2.85. The Morgan fingerprint density at radius 2 is 2.08 bits per heavy atom. The van der Waals surface area contributed by atoms with Crippen molar-refractivity contribution in [3.8, 4) is 5.75 Å². The molecule has 13 heavy (non-hydrogen) atoms. The van der Waals surface area contributed by atoms with Gasteiger partial charge in [-0.2, -0.15) is 0 Å². The Morgan fingerprint density at radius 3 is 2.77 bits per heavy atom. The Hall–Kier alpha value is -1.65. The fourth-order valence-electron chi connectivity index (χ4n) is 1.21. The number of methoxy groups -OCH3 is 1. The number of aryl methyl sites for hydroxylation is 1. The van der Waals surface area contributed by atoms with Crippen molar-refractivity contribution >= 4 is 11.0 Å². The van der Waals surface area contributed by atoms with Crippen molar-refractivity contribution in [1.29, 1.82) is 0 Å². The van der Waals surface area contributed by atoms with Crippen LogP contribution in [0.3, 0.4) is 0 Å². The van der Waals surface area contributed by atoms with Gasteiger partial charge in [0, 0.05) is 11.6 Å². The minimum absolute atomic E-state index is 0.137. The van der Waals surface area contributed by atoms with Crippen molar-refractivity contribution < 1.29 is 13.8 Å². The Kier molecular flexibility index (Phi) is 1.65. The molecule has 2 aromatic rings. The van der Waals surface area contributed by atoms with Gasteiger partial charge < -0.3 is 4.74 Å². The lowest BCUT2D eigenvalue weighted by Gasteiger charge is -2.03. The average Bonchev–Trinajstić information content (AvgIpc) is 2.60. The van der Waals surface area contributed by atoms with Gasteiger partial charge in [-0.1, -0.05) is 0 Å². The monoisotopic (exact) mass is 182 g/mol. The maximum Gasteiger partial charge on any atom is 0.171 e. The molecule has 0 unspecified atom stereocenters. The number of hydrogen-bond donors (Lipinski definition) is 0. The van der Waals surface area contributed by atoms with Crippen molar-refractivity contribution in [2.45, 2.75) is 6.92 Å². The van der Waals surface area contributed by atoms with Gasteiger partial charge in [-0.05, 0) is 17.2 Å². The molecule has 0 aliphatic rings. The molecule has 0 fully saturated rings. The van der Waals surface area contributed by atoms with E-state index in [1.807, 2.05) is 0 Å². The van der Waals surface area contributed by atoms with Crippen molar-refractivity contribution in [3.63, 3.8) is 0 Å². The number of aromatic nitrogens is 2. The van der Waals surface area contributed by atoms with Gasteiger partial charge in [0.2, 0.25) is 0 Å². The highest BCUT2D eigenvalue weighted by molar-refractivity contribution is 5.80. The number of rotatable bonds is 1. The summed E-state index contributed by atoms with van der Waals surface area (Å²) in [6.45, 7) is 1.77. The molecule has 2 rings (SSSR count). The van der Waals surface area contributed by atoms with Gasteiger partial charge >= 0.3 is 0 Å². The molecule has 0 spiro atoms. The third-order valence-electron chi connectivity index (χ3n) is 1.92. The predicted octanol–water partition coefficient (Wildman–Crippen LogP) is 1.68. The summed E-state index contributed by atoms with van der Waals surface area (Å²) in [7, 11) is 1.47. The Labute approximate surface area is 73.3 Å². The molecule has 5 heteroatoms. The zero-order valence-corrected chi connectivity index (χ0v) is 7.17. The zero-order valence-electron chi connectivity index (χ0n) is 7.17. The van der Waals surface area contributed by atoms with E-state index < -0.39 is 5.82 Å². The van der Waals surface area contributed by atoms with Gasteiger partial charge in [-0.15, -0.1) is 0 Å². The molecule has 0 saturated heterocycles. The smallest absolute Gasteiger partial charge is 0.171 e. The van der Waals surface area contributed by atoms with Crippen molar-refractivity contribution in [2.75, 3.05) is 7.11 Å². The van der Waals surface area contributed by atoms with E-state index in [1.165, 1.54) is 13.2 Å². The van der Waals surface area contributed by atoms with Gasteiger partial charge in [-0.25, -0.2) is 9.02 Å². The third kappa shape index (κ3) is 1.04. The van der Waals surface area contributed by atoms with E-state index >= 15 is 0 Å². The van der Waals surface area contributed by atoms with Crippen LogP contribution in [-0.4, -0.2) is 17.4 Å². The van der Waals surface area contributed by atoms with Crippen molar-refractivity contribution in [2.24, 2.45) is 0 Å². The third-order valence-corrected chi connectivity index (χ3v) is 1.92. The van der Waals surface area contributed by atoms with Gasteiger partial charge in [0.1, 0.15) is 11.3 Å². The second-order valence-electron chi connectivity index (χ2n) is 2.65. The van der Waals surface area contributed by atoms with Crippen LogP contribution >= 0.6 is 0 Å². The highest BCUT2D eigenvalue weighted by Crippen LogP contribution is 2.26. The van der Waals surface area contributed by atoms with Crippen LogP contribution in [0.15, 0.2) is 10.7 Å². The van der Waals surface area contributed by atoms with Crippen LogP contribution in [0.2, 0.25) is 0 Å². The van der Waals surface area contributed by atoms with Gasteiger partial charge in [-0.3, -0.25) is 0 Å². The lowest BCUT2D eigenvalue weighted by atomic mass is 10.2. The number of nitrogens with zero attached hydrogens (tertiary/aromatic N) is 2. The number of benzene rings is 1. The van der Waals surface area contributed by atoms with E-state index in [0.717, 1.165) is 5.56 Å². The summed E-state index contributed by atoms with van der Waals surface area (Å²) < 4.78 is 22.6. The molecular formula is C8H7FN2O2. The lowest BCUT2D eigenvalue weighted by molar-refractivity contribution is 0.314. The van der Waals surface area contributed by atoms with Gasteiger partial charge in [0.25, 0.3) is 0 Å². The van der Waals surface area contributed by atoms with E-state index in [9.17, 15) is 4.39 Å². The first kappa shape index (κ1) is 7.97. The first-order valence-electron chi connectivity index (χ1n) is 3.69. The fraction of sp³-hybridized carbons (Fsp3) is 0.250. The molecule has 0 bridgehead atoms. The summed E-state index contributed by atoms with van der Waals surface area (Å²) in [6, 6.07) is 1.27. The summed E-state index contributed by atoms with van der Waals surface area (Å²) in [5.41, 5.74) is 1.26. The fourth-order valence-corrected chi connectivity index (χ4v) is 1.21. The molecule has 0 N–H and O–H groups in total. The second-order valence-corrected chi connectivity index (χ2v) is 2.65. The van der Waals surface area contributed by atoms with Crippen LogP contribution in [0.1, 0.15) is 5.56 Å². The van der Waals surface area contributed by atoms with E-state index in [0.29, 0.717) is 11.3 Å². The molecule has 0 aliphatic carbocycles.